The minimum absolute atomic E-state index is 0.253. The lowest BCUT2D eigenvalue weighted by atomic mass is 9.99. The zero-order valence-electron chi connectivity index (χ0n) is 17.2. The Bertz CT molecular complexity index is 1130. The van der Waals surface area contributed by atoms with E-state index in [-0.39, 0.29) is 9.79 Å². The van der Waals surface area contributed by atoms with Crippen LogP contribution in [0.25, 0.3) is 0 Å². The Morgan fingerprint density at radius 2 is 1.19 bits per heavy atom. The fourth-order valence-corrected chi connectivity index (χ4v) is 5.26. The molecule has 0 aromatic heterocycles. The van der Waals surface area contributed by atoms with E-state index in [1.54, 1.807) is 13.8 Å². The second kappa shape index (κ2) is 9.53. The summed E-state index contributed by atoms with van der Waals surface area (Å²) in [6, 6.07) is 11.2. The smallest absolute Gasteiger partial charge is 0.297 e. The molecule has 0 radical (unpaired) electrons. The van der Waals surface area contributed by atoms with Gasteiger partial charge in [0.15, 0.2) is 12.4 Å². The number of rotatable bonds is 7. The average molecular weight is 489 g/mol. The minimum atomic E-state index is -4.51. The van der Waals surface area contributed by atoms with Crippen molar-refractivity contribution in [3.63, 3.8) is 0 Å². The van der Waals surface area contributed by atoms with Crippen LogP contribution in [0.4, 0.5) is 0 Å². The van der Waals surface area contributed by atoms with Crippen LogP contribution in [0.3, 0.4) is 0 Å². The average Bonchev–Trinajstić information content (AvgIpc) is 2.73. The van der Waals surface area contributed by atoms with Crippen LogP contribution < -0.4 is 0 Å². The van der Waals surface area contributed by atoms with E-state index >= 15 is 0 Å². The normalized spacial score (nSPS) is 26.7. The highest BCUT2D eigenvalue weighted by Gasteiger charge is 2.50. The van der Waals surface area contributed by atoms with Crippen molar-refractivity contribution in [1.29, 1.82) is 0 Å². The second-order valence-electron chi connectivity index (χ2n) is 7.39. The van der Waals surface area contributed by atoms with Gasteiger partial charge in [-0.25, -0.2) is 0 Å². The highest BCUT2D eigenvalue weighted by Crippen LogP contribution is 2.30. The Morgan fingerprint density at radius 1 is 0.781 bits per heavy atom. The third-order valence-corrected chi connectivity index (χ3v) is 7.56. The summed E-state index contributed by atoms with van der Waals surface area (Å²) in [4.78, 5) is -0.508. The Balaban J connectivity index is 1.94. The monoisotopic (exact) mass is 488 g/mol. The maximum absolute atomic E-state index is 12.8. The van der Waals surface area contributed by atoms with Crippen molar-refractivity contribution < 1.29 is 45.3 Å². The molecule has 0 amide bonds. The first-order valence-electron chi connectivity index (χ1n) is 9.57. The lowest BCUT2D eigenvalue weighted by Gasteiger charge is -2.40. The summed E-state index contributed by atoms with van der Waals surface area (Å²) < 4.78 is 66.1. The summed E-state index contributed by atoms with van der Waals surface area (Å²) in [5.74, 6) is 0. The Morgan fingerprint density at radius 3 is 1.59 bits per heavy atom. The molecule has 0 bridgehead atoms. The first kappa shape index (κ1) is 24.7. The summed E-state index contributed by atoms with van der Waals surface area (Å²) in [7, 11) is -9.01. The van der Waals surface area contributed by atoms with Crippen LogP contribution in [0.2, 0.25) is 0 Å². The summed E-state index contributed by atoms with van der Waals surface area (Å²) >= 11 is 0. The molecule has 1 heterocycles. The van der Waals surface area contributed by atoms with E-state index in [2.05, 4.69) is 0 Å². The maximum atomic E-state index is 12.8. The summed E-state index contributed by atoms with van der Waals surface area (Å²) in [6.07, 6.45) is -9.14. The molecule has 1 aliphatic heterocycles. The zero-order chi connectivity index (χ0) is 23.7. The van der Waals surface area contributed by atoms with Crippen molar-refractivity contribution in [3.05, 3.63) is 59.7 Å². The molecule has 1 aliphatic rings. The van der Waals surface area contributed by atoms with Gasteiger partial charge in [0.25, 0.3) is 20.2 Å². The van der Waals surface area contributed by atoms with Crippen molar-refractivity contribution in [2.24, 2.45) is 0 Å². The first-order chi connectivity index (χ1) is 14.9. The summed E-state index contributed by atoms with van der Waals surface area (Å²) in [5.41, 5.74) is 1.58. The van der Waals surface area contributed by atoms with Crippen molar-refractivity contribution in [2.45, 2.75) is 54.3 Å². The van der Waals surface area contributed by atoms with Crippen molar-refractivity contribution in [2.75, 3.05) is 6.61 Å². The summed E-state index contributed by atoms with van der Waals surface area (Å²) in [5, 5.41) is 30.2. The topological polar surface area (TPSA) is 157 Å². The summed E-state index contributed by atoms with van der Waals surface area (Å²) in [6.45, 7) is 2.71. The van der Waals surface area contributed by atoms with Gasteiger partial charge in [0.05, 0.1) is 16.4 Å². The number of benzene rings is 2. The van der Waals surface area contributed by atoms with Gasteiger partial charge in [-0.3, -0.25) is 8.37 Å². The van der Waals surface area contributed by atoms with E-state index in [0.29, 0.717) is 0 Å². The van der Waals surface area contributed by atoms with Crippen LogP contribution in [-0.4, -0.2) is 69.5 Å². The molecule has 32 heavy (non-hydrogen) atoms. The predicted octanol–water partition coefficient (Wildman–Crippen LogP) is 0.222. The molecule has 10 nitrogen and oxygen atoms in total. The molecule has 176 valence electrons. The number of aliphatic hydroxyl groups is 3. The van der Waals surface area contributed by atoms with E-state index in [0.717, 1.165) is 11.1 Å². The van der Waals surface area contributed by atoms with Crippen LogP contribution in [0.5, 0.6) is 0 Å². The Kier molecular flexibility index (Phi) is 7.37. The van der Waals surface area contributed by atoms with Gasteiger partial charge in [-0.05, 0) is 38.1 Å². The van der Waals surface area contributed by atoms with Gasteiger partial charge >= 0.3 is 0 Å². The first-order valence-corrected chi connectivity index (χ1v) is 12.4. The third kappa shape index (κ3) is 5.35. The third-order valence-electron chi connectivity index (χ3n) is 4.91. The molecule has 0 aliphatic carbocycles. The largest absolute Gasteiger partial charge is 0.394 e. The molecule has 3 N–H and O–H groups in total. The van der Waals surface area contributed by atoms with Gasteiger partial charge in [0.1, 0.15) is 18.3 Å². The number of ether oxygens (including phenoxy) is 1. The van der Waals surface area contributed by atoms with Gasteiger partial charge in [-0.1, -0.05) is 35.4 Å². The molecular formula is C20H24O10S2. The van der Waals surface area contributed by atoms with Crippen LogP contribution in [-0.2, 0) is 33.3 Å². The minimum Gasteiger partial charge on any atom is -0.394 e. The van der Waals surface area contributed by atoms with Gasteiger partial charge < -0.3 is 20.1 Å². The quantitative estimate of drug-likeness (QED) is 0.461. The molecule has 3 unspecified atom stereocenters. The van der Waals surface area contributed by atoms with E-state index in [4.69, 9.17) is 13.1 Å². The van der Waals surface area contributed by atoms with Crippen LogP contribution in [0, 0.1) is 13.8 Å². The van der Waals surface area contributed by atoms with Crippen LogP contribution in [0.15, 0.2) is 58.3 Å². The molecule has 3 rings (SSSR count). The second-order valence-corrected chi connectivity index (χ2v) is 10.5. The highest BCUT2D eigenvalue weighted by molar-refractivity contribution is 7.87. The molecular weight excluding hydrogens is 464 g/mol. The molecule has 12 heteroatoms. The van der Waals surface area contributed by atoms with E-state index in [9.17, 15) is 32.2 Å². The Hall–Kier alpha value is -1.90. The van der Waals surface area contributed by atoms with Gasteiger partial charge in [0, 0.05) is 0 Å². The van der Waals surface area contributed by atoms with Crippen molar-refractivity contribution >= 4 is 20.2 Å². The number of hydrogen-bond donors (Lipinski definition) is 3. The van der Waals surface area contributed by atoms with E-state index in [1.165, 1.54) is 48.5 Å². The molecule has 2 aromatic rings. The molecule has 0 spiro atoms. The molecule has 1 saturated heterocycles. The number of aryl methyl sites for hydroxylation is 2. The fourth-order valence-electron chi connectivity index (χ4n) is 3.08. The molecule has 2 aromatic carbocycles. The zero-order valence-corrected chi connectivity index (χ0v) is 18.9. The van der Waals surface area contributed by atoms with Gasteiger partial charge in [0.2, 0.25) is 0 Å². The fraction of sp³-hybridized carbons (Fsp3) is 0.400. The Labute approximate surface area is 186 Å². The SMILES string of the molecule is Cc1ccc(S(=O)(=O)OC2C(OS(=O)(=O)c3ccc(C)cc3)[C@@H](O)OC(CO)[C@H]2O)cc1. The van der Waals surface area contributed by atoms with Crippen LogP contribution >= 0.6 is 0 Å². The lowest BCUT2D eigenvalue weighted by molar-refractivity contribution is -0.274. The van der Waals surface area contributed by atoms with Gasteiger partial charge in [-0.2, -0.15) is 16.8 Å². The number of hydrogen-bond acceptors (Lipinski definition) is 10. The van der Waals surface area contributed by atoms with E-state index in [1.807, 2.05) is 0 Å². The van der Waals surface area contributed by atoms with E-state index < -0.39 is 57.5 Å². The van der Waals surface area contributed by atoms with Crippen molar-refractivity contribution in [3.8, 4) is 0 Å². The lowest BCUT2D eigenvalue weighted by Crippen LogP contribution is -2.61. The maximum Gasteiger partial charge on any atom is 0.297 e. The molecule has 0 saturated carbocycles. The molecule has 1 fully saturated rings. The van der Waals surface area contributed by atoms with Crippen LogP contribution in [0.1, 0.15) is 11.1 Å². The van der Waals surface area contributed by atoms with Gasteiger partial charge in [-0.15, -0.1) is 0 Å². The standard InChI is InChI=1S/C20H24O10S2/c1-12-3-7-14(8-4-12)31(24,25)29-18-17(22)16(11-21)28-20(23)19(18)30-32(26,27)15-9-5-13(2)6-10-15/h3-10,16-23H,11H2,1-2H3/t16?,17-,18?,19?,20+/m1/s1. The highest BCUT2D eigenvalue weighted by atomic mass is 32.2. The predicted molar refractivity (Wildman–Crippen MR) is 110 cm³/mol. The number of aliphatic hydroxyl groups excluding tert-OH is 3. The molecule has 5 atom stereocenters. The van der Waals surface area contributed by atoms with Crippen molar-refractivity contribution in [1.82, 2.24) is 0 Å².